The van der Waals surface area contributed by atoms with Gasteiger partial charge >= 0.3 is 0 Å². The van der Waals surface area contributed by atoms with Gasteiger partial charge in [0, 0.05) is 25.0 Å². The molecule has 3 rings (SSSR count). The fraction of sp³-hybridized carbons (Fsp3) is 0.0952. The second-order valence-corrected chi connectivity index (χ2v) is 5.85. The fourth-order valence-corrected chi connectivity index (χ4v) is 2.65. The van der Waals surface area contributed by atoms with Crippen molar-refractivity contribution in [3.05, 3.63) is 95.8 Å². The van der Waals surface area contributed by atoms with Crippen molar-refractivity contribution in [1.29, 1.82) is 0 Å². The molecule has 3 aromatic rings. The highest BCUT2D eigenvalue weighted by molar-refractivity contribution is 6.18. The van der Waals surface area contributed by atoms with E-state index >= 15 is 0 Å². The summed E-state index contributed by atoms with van der Waals surface area (Å²) in [5.74, 6) is -1.69. The molecule has 0 saturated carbocycles. The summed E-state index contributed by atoms with van der Waals surface area (Å²) in [6.45, 7) is 0. The van der Waals surface area contributed by atoms with Crippen LogP contribution in [0.25, 0.3) is 6.08 Å². The molecule has 0 amide bonds. The van der Waals surface area contributed by atoms with E-state index in [-0.39, 0.29) is 17.4 Å². The second-order valence-electron chi connectivity index (χ2n) is 5.85. The highest BCUT2D eigenvalue weighted by Crippen LogP contribution is 2.22. The molecule has 0 fully saturated rings. The molecule has 2 aromatic carbocycles. The van der Waals surface area contributed by atoms with Gasteiger partial charge in [-0.3, -0.25) is 9.59 Å². The number of benzene rings is 2. The molecule has 0 aliphatic carbocycles. The number of carbonyl (C=O) groups excluding carboxylic acids is 2. The predicted molar refractivity (Wildman–Crippen MR) is 97.2 cm³/mol. The molecule has 0 aliphatic rings. The molecular formula is C21H17FN2O2. The molecule has 1 aromatic heterocycles. The van der Waals surface area contributed by atoms with Crippen molar-refractivity contribution >= 4 is 17.6 Å². The van der Waals surface area contributed by atoms with E-state index in [2.05, 4.69) is 4.98 Å². The Labute approximate surface area is 150 Å². The molecule has 1 heterocycles. The maximum atomic E-state index is 13.0. The largest absolute Gasteiger partial charge is 0.337 e. The number of carbonyl (C=O) groups is 2. The Morgan fingerprint density at radius 2 is 1.77 bits per heavy atom. The van der Waals surface area contributed by atoms with Crippen LogP contribution >= 0.6 is 0 Å². The number of Topliss-reactive ketones (excluding diaryl/α,β-unsaturated/α-hetero) is 1. The average molecular weight is 348 g/mol. The van der Waals surface area contributed by atoms with Gasteiger partial charge in [-0.15, -0.1) is 0 Å². The maximum absolute atomic E-state index is 13.0. The number of aryl methyl sites for hydroxylation is 1. The standard InChI is InChI=1S/C21H17FN2O2/c1-24-14-13-23-21(24)19(20(26)16-5-3-2-4-6-16)18(25)12-9-15-7-10-17(22)11-8-15/h2-14,19H,1H3/b12-9+/t19-/m1/s1. The Hall–Kier alpha value is -3.34. The van der Waals surface area contributed by atoms with Crippen molar-refractivity contribution in [3.63, 3.8) is 0 Å². The molecule has 4 nitrogen and oxygen atoms in total. The minimum absolute atomic E-state index is 0.311. The minimum atomic E-state index is -1.03. The van der Waals surface area contributed by atoms with E-state index in [9.17, 15) is 14.0 Å². The lowest BCUT2D eigenvalue weighted by Gasteiger charge is -2.13. The van der Waals surface area contributed by atoms with E-state index in [4.69, 9.17) is 0 Å². The van der Waals surface area contributed by atoms with Gasteiger partial charge < -0.3 is 4.57 Å². The first-order chi connectivity index (χ1) is 12.6. The lowest BCUT2D eigenvalue weighted by atomic mass is 9.92. The molecule has 0 aliphatic heterocycles. The van der Waals surface area contributed by atoms with Crippen molar-refractivity contribution in [2.24, 2.45) is 7.05 Å². The van der Waals surface area contributed by atoms with Gasteiger partial charge in [-0.2, -0.15) is 0 Å². The van der Waals surface area contributed by atoms with Crippen molar-refractivity contribution in [1.82, 2.24) is 9.55 Å². The highest BCUT2D eigenvalue weighted by Gasteiger charge is 2.30. The SMILES string of the molecule is Cn1ccnc1[C@H](C(=O)/C=C/c1ccc(F)cc1)C(=O)c1ccccc1. The normalized spacial score (nSPS) is 12.2. The zero-order valence-corrected chi connectivity index (χ0v) is 14.2. The molecule has 0 bridgehead atoms. The number of hydrogen-bond acceptors (Lipinski definition) is 3. The van der Waals surface area contributed by atoms with E-state index in [1.807, 2.05) is 6.07 Å². The summed E-state index contributed by atoms with van der Waals surface area (Å²) in [6.07, 6.45) is 6.15. The molecule has 0 N–H and O–H groups in total. The van der Waals surface area contributed by atoms with Crippen LogP contribution in [0.4, 0.5) is 4.39 Å². The summed E-state index contributed by atoms with van der Waals surface area (Å²) in [5.41, 5.74) is 1.12. The van der Waals surface area contributed by atoms with Crippen LogP contribution in [0.2, 0.25) is 0 Å². The minimum Gasteiger partial charge on any atom is -0.337 e. The van der Waals surface area contributed by atoms with Crippen molar-refractivity contribution < 1.29 is 14.0 Å². The molecule has 0 saturated heterocycles. The number of nitrogens with zero attached hydrogens (tertiary/aromatic N) is 2. The molecule has 26 heavy (non-hydrogen) atoms. The van der Waals surface area contributed by atoms with E-state index in [1.54, 1.807) is 66.5 Å². The highest BCUT2D eigenvalue weighted by atomic mass is 19.1. The maximum Gasteiger partial charge on any atom is 0.181 e. The third-order valence-electron chi connectivity index (χ3n) is 4.03. The number of ketones is 2. The summed E-state index contributed by atoms with van der Waals surface area (Å²) >= 11 is 0. The number of halogens is 1. The summed E-state index contributed by atoms with van der Waals surface area (Å²) in [4.78, 5) is 29.9. The van der Waals surface area contributed by atoms with Crippen LogP contribution in [0.3, 0.4) is 0 Å². The lowest BCUT2D eigenvalue weighted by molar-refractivity contribution is -0.115. The third-order valence-corrected chi connectivity index (χ3v) is 4.03. The van der Waals surface area contributed by atoms with Crippen molar-refractivity contribution in [2.45, 2.75) is 5.92 Å². The first-order valence-electron chi connectivity index (χ1n) is 8.10. The molecule has 5 heteroatoms. The van der Waals surface area contributed by atoms with Crippen LogP contribution in [0.1, 0.15) is 27.7 Å². The molecule has 0 spiro atoms. The number of rotatable bonds is 6. The lowest BCUT2D eigenvalue weighted by Crippen LogP contribution is -2.24. The summed E-state index contributed by atoms with van der Waals surface area (Å²) < 4.78 is 14.7. The van der Waals surface area contributed by atoms with Crippen molar-refractivity contribution in [3.8, 4) is 0 Å². The molecule has 1 atom stereocenters. The molecule has 0 unspecified atom stereocenters. The monoisotopic (exact) mass is 348 g/mol. The zero-order chi connectivity index (χ0) is 18.5. The van der Waals surface area contributed by atoms with E-state index in [1.165, 1.54) is 18.2 Å². The Balaban J connectivity index is 1.93. The van der Waals surface area contributed by atoms with Crippen LogP contribution in [-0.2, 0) is 11.8 Å². The van der Waals surface area contributed by atoms with Gasteiger partial charge in [0.05, 0.1) is 0 Å². The molecule has 130 valence electrons. The zero-order valence-electron chi connectivity index (χ0n) is 14.2. The number of aromatic nitrogens is 2. The third kappa shape index (κ3) is 3.83. The molecular weight excluding hydrogens is 331 g/mol. The van der Waals surface area contributed by atoms with Gasteiger partial charge in [0.15, 0.2) is 11.6 Å². The van der Waals surface area contributed by atoms with Gasteiger partial charge in [-0.05, 0) is 23.8 Å². The Morgan fingerprint density at radius 1 is 1.08 bits per heavy atom. The predicted octanol–water partition coefficient (Wildman–Crippen LogP) is 3.81. The van der Waals surface area contributed by atoms with Crippen LogP contribution in [0.5, 0.6) is 0 Å². The van der Waals surface area contributed by atoms with E-state index in [0.717, 1.165) is 0 Å². The van der Waals surface area contributed by atoms with E-state index in [0.29, 0.717) is 17.0 Å². The number of allylic oxidation sites excluding steroid dienone is 1. The van der Waals surface area contributed by atoms with E-state index < -0.39 is 5.92 Å². The van der Waals surface area contributed by atoms with Gasteiger partial charge in [-0.1, -0.05) is 48.5 Å². The van der Waals surface area contributed by atoms with Gasteiger partial charge in [0.2, 0.25) is 0 Å². The van der Waals surface area contributed by atoms with Crippen LogP contribution in [-0.4, -0.2) is 21.1 Å². The van der Waals surface area contributed by atoms with Crippen LogP contribution in [0.15, 0.2) is 73.1 Å². The van der Waals surface area contributed by atoms with Crippen LogP contribution in [0, 0.1) is 5.82 Å². The van der Waals surface area contributed by atoms with Gasteiger partial charge in [-0.25, -0.2) is 9.37 Å². The Kier molecular flexibility index (Phi) is 5.17. The summed E-state index contributed by atoms with van der Waals surface area (Å²) in [6, 6.07) is 14.4. The quantitative estimate of drug-likeness (QED) is 0.387. The topological polar surface area (TPSA) is 52.0 Å². The first kappa shape index (κ1) is 17.5. The number of hydrogen-bond donors (Lipinski definition) is 0. The van der Waals surface area contributed by atoms with Gasteiger partial charge in [0.25, 0.3) is 0 Å². The van der Waals surface area contributed by atoms with Crippen molar-refractivity contribution in [2.75, 3.05) is 0 Å². The molecule has 0 radical (unpaired) electrons. The number of imidazole rings is 1. The fourth-order valence-electron chi connectivity index (χ4n) is 2.65. The summed E-state index contributed by atoms with van der Waals surface area (Å²) in [5, 5.41) is 0. The smallest absolute Gasteiger partial charge is 0.181 e. The van der Waals surface area contributed by atoms with Gasteiger partial charge in [0.1, 0.15) is 17.6 Å². The Bertz CT molecular complexity index is 944. The van der Waals surface area contributed by atoms with Crippen LogP contribution < -0.4 is 0 Å². The first-order valence-corrected chi connectivity index (χ1v) is 8.10. The average Bonchev–Trinajstić information content (AvgIpc) is 3.08. The Morgan fingerprint density at radius 3 is 2.38 bits per heavy atom. The summed E-state index contributed by atoms with van der Waals surface area (Å²) in [7, 11) is 1.74. The second kappa shape index (κ2) is 7.70.